The molecule has 0 unspecified atom stereocenters. The van der Waals surface area contributed by atoms with Crippen LogP contribution in [0.5, 0.6) is 0 Å². The van der Waals surface area contributed by atoms with Crippen LogP contribution in [0.4, 0.5) is 0 Å². The van der Waals surface area contributed by atoms with Crippen molar-refractivity contribution in [3.8, 4) is 5.69 Å². The standard InChI is InChI=1S/C15H18Cl2N2/c1-9(2)14-12(8-16)15(17)19(18-14)13-6-5-10(3)7-11(13)4/h5-7,9H,8H2,1-4H3. The minimum atomic E-state index is 0.304. The number of hydrogen-bond acceptors (Lipinski definition) is 1. The fraction of sp³-hybridized carbons (Fsp3) is 0.400. The third-order valence-electron chi connectivity index (χ3n) is 3.21. The maximum Gasteiger partial charge on any atom is 0.137 e. The fourth-order valence-electron chi connectivity index (χ4n) is 2.24. The lowest BCUT2D eigenvalue weighted by molar-refractivity contribution is 0.763. The Kier molecular flexibility index (Phi) is 4.22. The van der Waals surface area contributed by atoms with Gasteiger partial charge in [0.2, 0.25) is 0 Å². The molecule has 0 N–H and O–H groups in total. The van der Waals surface area contributed by atoms with Crippen LogP contribution in [0.15, 0.2) is 18.2 Å². The van der Waals surface area contributed by atoms with Crippen molar-refractivity contribution in [1.29, 1.82) is 0 Å². The lowest BCUT2D eigenvalue weighted by Crippen LogP contribution is -2.01. The molecule has 4 heteroatoms. The second kappa shape index (κ2) is 5.56. The van der Waals surface area contributed by atoms with E-state index < -0.39 is 0 Å². The summed E-state index contributed by atoms with van der Waals surface area (Å²) in [6.45, 7) is 8.34. The normalized spacial score (nSPS) is 11.3. The van der Waals surface area contributed by atoms with Crippen LogP contribution in [-0.4, -0.2) is 9.78 Å². The van der Waals surface area contributed by atoms with Crippen LogP contribution >= 0.6 is 23.2 Å². The highest BCUT2D eigenvalue weighted by molar-refractivity contribution is 6.31. The first-order valence-corrected chi connectivity index (χ1v) is 7.27. The SMILES string of the molecule is Cc1ccc(-n2nc(C(C)C)c(CCl)c2Cl)c(C)c1. The van der Waals surface area contributed by atoms with E-state index in [2.05, 4.69) is 44.9 Å². The lowest BCUT2D eigenvalue weighted by atomic mass is 10.1. The second-order valence-corrected chi connectivity index (χ2v) is 5.77. The molecule has 1 heterocycles. The molecular formula is C15H18Cl2N2. The van der Waals surface area contributed by atoms with Crippen LogP contribution in [-0.2, 0) is 5.88 Å². The van der Waals surface area contributed by atoms with Crippen LogP contribution in [0, 0.1) is 13.8 Å². The molecule has 0 aliphatic heterocycles. The van der Waals surface area contributed by atoms with E-state index in [1.54, 1.807) is 4.68 Å². The Morgan fingerprint density at radius 1 is 1.26 bits per heavy atom. The molecule has 0 fully saturated rings. The number of rotatable bonds is 3. The van der Waals surface area contributed by atoms with Crippen LogP contribution in [0.25, 0.3) is 5.69 Å². The summed E-state index contributed by atoms with van der Waals surface area (Å²) >= 11 is 12.4. The van der Waals surface area contributed by atoms with E-state index in [9.17, 15) is 0 Å². The van der Waals surface area contributed by atoms with Crippen molar-refractivity contribution < 1.29 is 0 Å². The molecule has 102 valence electrons. The van der Waals surface area contributed by atoms with Crippen molar-refractivity contribution >= 4 is 23.2 Å². The van der Waals surface area contributed by atoms with Crippen molar-refractivity contribution in [2.75, 3.05) is 0 Å². The monoisotopic (exact) mass is 296 g/mol. The smallest absolute Gasteiger partial charge is 0.137 e. The zero-order valence-corrected chi connectivity index (χ0v) is 13.2. The minimum Gasteiger partial charge on any atom is -0.221 e. The summed E-state index contributed by atoms with van der Waals surface area (Å²) in [7, 11) is 0. The quantitative estimate of drug-likeness (QED) is 0.729. The minimum absolute atomic E-state index is 0.304. The third-order valence-corrected chi connectivity index (χ3v) is 3.87. The summed E-state index contributed by atoms with van der Waals surface area (Å²) in [5, 5.41) is 5.26. The average molecular weight is 297 g/mol. The van der Waals surface area contributed by atoms with Gasteiger partial charge in [0.1, 0.15) is 5.15 Å². The summed E-state index contributed by atoms with van der Waals surface area (Å²) in [6, 6.07) is 6.24. The van der Waals surface area contributed by atoms with E-state index >= 15 is 0 Å². The molecule has 1 aromatic carbocycles. The van der Waals surface area contributed by atoms with Gasteiger partial charge < -0.3 is 0 Å². The lowest BCUT2D eigenvalue weighted by Gasteiger charge is -2.08. The predicted octanol–water partition coefficient (Wildman–Crippen LogP) is 5.00. The summed E-state index contributed by atoms with van der Waals surface area (Å²) in [5.74, 6) is 0.690. The highest BCUT2D eigenvalue weighted by Crippen LogP contribution is 2.30. The van der Waals surface area contributed by atoms with Crippen molar-refractivity contribution in [2.24, 2.45) is 0 Å². The summed E-state index contributed by atoms with van der Waals surface area (Å²) in [4.78, 5) is 0. The van der Waals surface area contributed by atoms with Crippen LogP contribution in [0.3, 0.4) is 0 Å². The molecule has 0 radical (unpaired) electrons. The second-order valence-electron chi connectivity index (χ2n) is 5.14. The van der Waals surface area contributed by atoms with Crippen LogP contribution in [0.2, 0.25) is 5.15 Å². The van der Waals surface area contributed by atoms with Gasteiger partial charge in [0.25, 0.3) is 0 Å². The topological polar surface area (TPSA) is 17.8 Å². The van der Waals surface area contributed by atoms with Gasteiger partial charge >= 0.3 is 0 Å². The summed E-state index contributed by atoms with van der Waals surface area (Å²) in [6.07, 6.45) is 0. The number of aromatic nitrogens is 2. The number of benzene rings is 1. The van der Waals surface area contributed by atoms with Gasteiger partial charge in [-0.25, -0.2) is 4.68 Å². The molecule has 2 nitrogen and oxygen atoms in total. The van der Waals surface area contributed by atoms with Gasteiger partial charge in [-0.2, -0.15) is 5.10 Å². The van der Waals surface area contributed by atoms with Gasteiger partial charge in [-0.05, 0) is 31.4 Å². The van der Waals surface area contributed by atoms with Gasteiger partial charge in [0.15, 0.2) is 0 Å². The van der Waals surface area contributed by atoms with Gasteiger partial charge in [-0.3, -0.25) is 0 Å². The van der Waals surface area contributed by atoms with Crippen LogP contribution < -0.4 is 0 Å². The van der Waals surface area contributed by atoms with Crippen LogP contribution in [0.1, 0.15) is 42.1 Å². The molecule has 1 aromatic heterocycles. The maximum atomic E-state index is 6.44. The Labute approximate surface area is 124 Å². The third kappa shape index (κ3) is 2.65. The fourth-order valence-corrected chi connectivity index (χ4v) is 2.86. The molecule has 2 aromatic rings. The molecule has 0 saturated carbocycles. The van der Waals surface area contributed by atoms with Gasteiger partial charge in [-0.1, -0.05) is 43.1 Å². The molecule has 0 atom stereocenters. The number of alkyl halides is 1. The molecule has 0 amide bonds. The van der Waals surface area contributed by atoms with E-state index in [1.165, 1.54) is 5.56 Å². The summed E-state index contributed by atoms with van der Waals surface area (Å²) < 4.78 is 1.80. The molecule has 0 spiro atoms. The van der Waals surface area contributed by atoms with Gasteiger partial charge in [0, 0.05) is 5.56 Å². The zero-order valence-electron chi connectivity index (χ0n) is 11.7. The Hall–Kier alpha value is -0.990. The summed E-state index contributed by atoms with van der Waals surface area (Å²) in [5.41, 5.74) is 5.29. The largest absolute Gasteiger partial charge is 0.221 e. The maximum absolute atomic E-state index is 6.44. The molecular weight excluding hydrogens is 279 g/mol. The van der Waals surface area contributed by atoms with E-state index in [0.717, 1.165) is 22.5 Å². The van der Waals surface area contributed by atoms with E-state index in [0.29, 0.717) is 17.0 Å². The van der Waals surface area contributed by atoms with Crippen molar-refractivity contribution in [3.63, 3.8) is 0 Å². The first-order chi connectivity index (χ1) is 8.95. The number of hydrogen-bond donors (Lipinski definition) is 0. The molecule has 0 bridgehead atoms. The highest BCUT2D eigenvalue weighted by atomic mass is 35.5. The first-order valence-electron chi connectivity index (χ1n) is 6.36. The predicted molar refractivity (Wildman–Crippen MR) is 81.7 cm³/mol. The van der Waals surface area contributed by atoms with Crippen molar-refractivity contribution in [3.05, 3.63) is 45.7 Å². The number of aryl methyl sites for hydroxylation is 2. The average Bonchev–Trinajstić information content (AvgIpc) is 2.66. The number of nitrogens with zero attached hydrogens (tertiary/aromatic N) is 2. The Morgan fingerprint density at radius 3 is 2.42 bits per heavy atom. The Morgan fingerprint density at radius 2 is 1.95 bits per heavy atom. The Bertz CT molecular complexity index is 600. The number of halogens is 2. The zero-order chi connectivity index (χ0) is 14.2. The molecule has 0 aliphatic rings. The van der Waals surface area contributed by atoms with Gasteiger partial charge in [0.05, 0.1) is 17.3 Å². The molecule has 2 rings (SSSR count). The van der Waals surface area contributed by atoms with Crippen molar-refractivity contribution in [2.45, 2.75) is 39.5 Å². The first kappa shape index (κ1) is 14.4. The van der Waals surface area contributed by atoms with Gasteiger partial charge in [-0.15, -0.1) is 11.6 Å². The Balaban J connectivity index is 2.63. The van der Waals surface area contributed by atoms with Crippen molar-refractivity contribution in [1.82, 2.24) is 9.78 Å². The molecule has 0 saturated heterocycles. The van der Waals surface area contributed by atoms with E-state index in [-0.39, 0.29) is 0 Å². The molecule has 0 aliphatic carbocycles. The van der Waals surface area contributed by atoms with E-state index in [1.807, 2.05) is 6.07 Å². The highest BCUT2D eigenvalue weighted by Gasteiger charge is 2.19. The molecule has 19 heavy (non-hydrogen) atoms. The van der Waals surface area contributed by atoms with E-state index in [4.69, 9.17) is 23.2 Å².